The predicted molar refractivity (Wildman–Crippen MR) is 64.9 cm³/mol. The van der Waals surface area contributed by atoms with Crippen molar-refractivity contribution in [1.29, 1.82) is 5.41 Å². The molecule has 0 amide bonds. The summed E-state index contributed by atoms with van der Waals surface area (Å²) in [4.78, 5) is 11.4. The van der Waals surface area contributed by atoms with Crippen molar-refractivity contribution in [3.63, 3.8) is 0 Å². The lowest BCUT2D eigenvalue weighted by molar-refractivity contribution is -0.135. The summed E-state index contributed by atoms with van der Waals surface area (Å²) in [5.41, 5.74) is 0.459. The maximum Gasteiger partial charge on any atom is 0.344 e. The topological polar surface area (TPSA) is 71.4 Å². The summed E-state index contributed by atoms with van der Waals surface area (Å²) in [6.45, 7) is 0. The van der Waals surface area contributed by atoms with Gasteiger partial charge >= 0.3 is 5.97 Å². The molecule has 0 heterocycles. The Morgan fingerprint density at radius 1 is 1.28 bits per heavy atom. The zero-order valence-electron chi connectivity index (χ0n) is 9.99. The van der Waals surface area contributed by atoms with Gasteiger partial charge in [-0.05, 0) is 24.3 Å². The van der Waals surface area contributed by atoms with Crippen LogP contribution in [0.15, 0.2) is 35.7 Å². The van der Waals surface area contributed by atoms with Crippen LogP contribution in [0.5, 0.6) is 0 Å². The van der Waals surface area contributed by atoms with Gasteiger partial charge in [-0.1, -0.05) is 0 Å². The number of halogens is 1. The minimum atomic E-state index is -0.698. The van der Waals surface area contributed by atoms with Gasteiger partial charge in [0.25, 0.3) is 0 Å². The Morgan fingerprint density at radius 3 is 2.33 bits per heavy atom. The van der Waals surface area contributed by atoms with Crippen molar-refractivity contribution in [3.05, 3.63) is 41.5 Å². The number of esters is 1. The lowest BCUT2D eigenvalue weighted by atomic mass is 10.2. The minimum Gasteiger partial charge on any atom is -0.482 e. The zero-order valence-corrected chi connectivity index (χ0v) is 9.99. The van der Waals surface area contributed by atoms with Crippen LogP contribution in [-0.2, 0) is 14.3 Å². The number of ether oxygens (including phenoxy) is 2. The van der Waals surface area contributed by atoms with Gasteiger partial charge < -0.3 is 20.2 Å². The molecular formula is C12H13FN2O3. The zero-order chi connectivity index (χ0) is 13.5. The first-order chi connectivity index (χ1) is 8.62. The first kappa shape index (κ1) is 13.7. The van der Waals surface area contributed by atoms with Crippen molar-refractivity contribution in [3.8, 4) is 0 Å². The SMILES string of the molecule is COC(=O)/C(C=N)=C(/Nc1ccc(F)cc1)OC. The largest absolute Gasteiger partial charge is 0.482 e. The number of anilines is 1. The van der Waals surface area contributed by atoms with Crippen molar-refractivity contribution < 1.29 is 18.7 Å². The van der Waals surface area contributed by atoms with Crippen LogP contribution in [0.3, 0.4) is 0 Å². The second-order valence-corrected chi connectivity index (χ2v) is 3.21. The summed E-state index contributed by atoms with van der Waals surface area (Å²) >= 11 is 0. The second kappa shape index (κ2) is 6.39. The molecule has 0 saturated carbocycles. The number of carbonyl (C=O) groups is 1. The highest BCUT2D eigenvalue weighted by atomic mass is 19.1. The molecule has 96 valence electrons. The summed E-state index contributed by atoms with van der Waals surface area (Å²) in [7, 11) is 2.55. The smallest absolute Gasteiger partial charge is 0.344 e. The molecule has 5 nitrogen and oxygen atoms in total. The number of rotatable bonds is 5. The van der Waals surface area contributed by atoms with Gasteiger partial charge in [0.15, 0.2) is 0 Å². The van der Waals surface area contributed by atoms with Crippen LogP contribution < -0.4 is 5.32 Å². The number of methoxy groups -OCH3 is 2. The molecule has 0 aliphatic carbocycles. The summed E-state index contributed by atoms with van der Waals surface area (Å²) in [6.07, 6.45) is 0.821. The second-order valence-electron chi connectivity index (χ2n) is 3.21. The number of carbonyl (C=O) groups excluding carboxylic acids is 1. The highest BCUT2D eigenvalue weighted by Gasteiger charge is 2.15. The molecule has 6 heteroatoms. The summed E-state index contributed by atoms with van der Waals surface area (Å²) in [5, 5.41) is 9.92. The molecule has 0 atom stereocenters. The van der Waals surface area contributed by atoms with E-state index in [0.29, 0.717) is 5.69 Å². The number of nitrogens with one attached hydrogen (secondary N) is 2. The normalized spacial score (nSPS) is 11.3. The predicted octanol–water partition coefficient (Wildman–Crippen LogP) is 1.92. The Kier molecular flexibility index (Phi) is 4.86. The molecule has 0 spiro atoms. The third kappa shape index (κ3) is 3.31. The van der Waals surface area contributed by atoms with E-state index in [1.54, 1.807) is 0 Å². The molecule has 0 fully saturated rings. The molecule has 1 rings (SSSR count). The van der Waals surface area contributed by atoms with Crippen molar-refractivity contribution in [2.24, 2.45) is 0 Å². The van der Waals surface area contributed by atoms with Crippen molar-refractivity contribution in [2.45, 2.75) is 0 Å². The van der Waals surface area contributed by atoms with E-state index in [9.17, 15) is 9.18 Å². The van der Waals surface area contributed by atoms with Gasteiger partial charge in [-0.15, -0.1) is 0 Å². The standard InChI is InChI=1S/C12H13FN2O3/c1-17-11(10(7-14)12(16)18-2)15-9-5-3-8(13)4-6-9/h3-7,14-15H,1-2H3/b11-10-,14-7?. The quantitative estimate of drug-likeness (QED) is 0.363. The molecule has 18 heavy (non-hydrogen) atoms. The van der Waals surface area contributed by atoms with Crippen LogP contribution in [0.1, 0.15) is 0 Å². The van der Waals surface area contributed by atoms with Crippen molar-refractivity contribution in [1.82, 2.24) is 0 Å². The first-order valence-electron chi connectivity index (χ1n) is 5.02. The fourth-order valence-corrected chi connectivity index (χ4v) is 1.22. The van der Waals surface area contributed by atoms with E-state index < -0.39 is 5.97 Å². The van der Waals surface area contributed by atoms with E-state index in [4.69, 9.17) is 10.1 Å². The summed E-state index contributed by atoms with van der Waals surface area (Å²) in [6, 6.07) is 5.48. The Hall–Kier alpha value is -2.37. The van der Waals surface area contributed by atoms with Crippen LogP contribution in [0.2, 0.25) is 0 Å². The molecule has 0 saturated heterocycles. The number of hydrogen-bond acceptors (Lipinski definition) is 5. The van der Waals surface area contributed by atoms with E-state index >= 15 is 0 Å². The van der Waals surface area contributed by atoms with E-state index in [2.05, 4.69) is 10.1 Å². The van der Waals surface area contributed by atoms with Gasteiger partial charge in [0.2, 0.25) is 5.88 Å². The van der Waals surface area contributed by atoms with Crippen molar-refractivity contribution >= 4 is 17.9 Å². The van der Waals surface area contributed by atoms with Crippen LogP contribution in [0.25, 0.3) is 0 Å². The maximum atomic E-state index is 12.7. The van der Waals surface area contributed by atoms with E-state index in [1.807, 2.05) is 0 Å². The van der Waals surface area contributed by atoms with Gasteiger partial charge in [-0.2, -0.15) is 0 Å². The summed E-state index contributed by atoms with van der Waals surface area (Å²) < 4.78 is 22.2. The van der Waals surface area contributed by atoms with Crippen LogP contribution in [0, 0.1) is 11.2 Å². The summed E-state index contributed by atoms with van der Waals surface area (Å²) in [5.74, 6) is -1.01. The van der Waals surface area contributed by atoms with Gasteiger partial charge in [-0.3, -0.25) is 0 Å². The highest BCUT2D eigenvalue weighted by Crippen LogP contribution is 2.14. The van der Waals surface area contributed by atoms with Gasteiger partial charge in [0.05, 0.1) is 14.2 Å². The minimum absolute atomic E-state index is 0.0588. The van der Waals surface area contributed by atoms with Crippen LogP contribution in [-0.4, -0.2) is 26.4 Å². The van der Waals surface area contributed by atoms with Crippen LogP contribution >= 0.6 is 0 Å². The van der Waals surface area contributed by atoms with Crippen LogP contribution in [0.4, 0.5) is 10.1 Å². The lowest BCUT2D eigenvalue weighted by Crippen LogP contribution is -2.14. The molecule has 0 aromatic heterocycles. The molecule has 0 bridgehead atoms. The molecule has 0 aliphatic heterocycles. The Labute approximate surface area is 104 Å². The Balaban J connectivity index is 3.02. The molecule has 0 aliphatic rings. The molecule has 1 aromatic rings. The first-order valence-corrected chi connectivity index (χ1v) is 5.02. The van der Waals surface area contributed by atoms with E-state index in [1.165, 1.54) is 38.5 Å². The Bertz CT molecular complexity index is 469. The molecule has 0 radical (unpaired) electrons. The monoisotopic (exact) mass is 252 g/mol. The Morgan fingerprint density at radius 2 is 1.89 bits per heavy atom. The third-order valence-electron chi connectivity index (χ3n) is 2.10. The fraction of sp³-hybridized carbons (Fsp3) is 0.167. The fourth-order valence-electron chi connectivity index (χ4n) is 1.22. The maximum absolute atomic E-state index is 12.7. The lowest BCUT2D eigenvalue weighted by Gasteiger charge is -2.12. The highest BCUT2D eigenvalue weighted by molar-refractivity contribution is 6.09. The molecule has 2 N–H and O–H groups in total. The van der Waals surface area contributed by atoms with Gasteiger partial charge in [0, 0.05) is 11.9 Å². The third-order valence-corrected chi connectivity index (χ3v) is 2.10. The van der Waals surface area contributed by atoms with Gasteiger partial charge in [0.1, 0.15) is 11.4 Å². The van der Waals surface area contributed by atoms with E-state index in [-0.39, 0.29) is 17.3 Å². The van der Waals surface area contributed by atoms with E-state index in [0.717, 1.165) is 6.21 Å². The molecular weight excluding hydrogens is 239 g/mol. The molecule has 0 unspecified atom stereocenters. The van der Waals surface area contributed by atoms with Gasteiger partial charge in [-0.25, -0.2) is 9.18 Å². The molecule has 1 aromatic carbocycles. The average molecular weight is 252 g/mol. The number of benzene rings is 1. The average Bonchev–Trinajstić information content (AvgIpc) is 2.40. The number of hydrogen-bond donors (Lipinski definition) is 2. The van der Waals surface area contributed by atoms with Crippen molar-refractivity contribution in [2.75, 3.05) is 19.5 Å².